The third-order valence-corrected chi connectivity index (χ3v) is 2.00. The largest absolute Gasteiger partial charge is 0.478 e. The number of rotatable bonds is 1. The SMILES string of the molecule is FC(F)(F)C1(F)OC(F)(F)C(F)(C(F)(F)C(F)(F)F)O1. The first-order valence-corrected chi connectivity index (χ1v) is 4.08. The Bertz CT molecular complexity index is 398. The molecule has 0 aromatic heterocycles. The molecule has 20 heavy (non-hydrogen) atoms. The zero-order valence-corrected chi connectivity index (χ0v) is 8.35. The zero-order chi connectivity index (χ0) is 16.4. The lowest BCUT2D eigenvalue weighted by Crippen LogP contribution is -2.62. The van der Waals surface area contributed by atoms with E-state index in [1.54, 1.807) is 0 Å². The molecule has 1 rings (SSSR count). The molecule has 14 heteroatoms. The van der Waals surface area contributed by atoms with Crippen LogP contribution in [0.2, 0.25) is 0 Å². The van der Waals surface area contributed by atoms with Crippen LogP contribution in [0.3, 0.4) is 0 Å². The number of alkyl halides is 12. The molecule has 1 fully saturated rings. The first-order valence-electron chi connectivity index (χ1n) is 4.08. The average molecular weight is 332 g/mol. The summed E-state index contributed by atoms with van der Waals surface area (Å²) in [5.41, 5.74) is 0. The van der Waals surface area contributed by atoms with Gasteiger partial charge in [0, 0.05) is 0 Å². The van der Waals surface area contributed by atoms with Crippen LogP contribution in [0.5, 0.6) is 0 Å². The summed E-state index contributed by atoms with van der Waals surface area (Å²) < 4.78 is 151. The Labute approximate surface area is 99.8 Å². The summed E-state index contributed by atoms with van der Waals surface area (Å²) in [6, 6.07) is -6.18. The predicted molar refractivity (Wildman–Crippen MR) is 31.9 cm³/mol. The Balaban J connectivity index is 3.39. The van der Waals surface area contributed by atoms with Gasteiger partial charge in [0.2, 0.25) is 0 Å². The fourth-order valence-electron chi connectivity index (χ4n) is 1.04. The molecule has 2 unspecified atom stereocenters. The van der Waals surface area contributed by atoms with Crippen molar-refractivity contribution in [2.45, 2.75) is 36.3 Å². The van der Waals surface area contributed by atoms with Crippen molar-refractivity contribution in [1.29, 1.82) is 0 Å². The Morgan fingerprint density at radius 3 is 1.30 bits per heavy atom. The van der Waals surface area contributed by atoms with E-state index < -0.39 is 36.3 Å². The van der Waals surface area contributed by atoms with Gasteiger partial charge in [0.15, 0.2) is 0 Å². The average Bonchev–Trinajstić information content (AvgIpc) is 2.31. The van der Waals surface area contributed by atoms with Gasteiger partial charge in [0.1, 0.15) is 0 Å². The Hall–Kier alpha value is -0.920. The van der Waals surface area contributed by atoms with Gasteiger partial charge >= 0.3 is 36.3 Å². The highest BCUT2D eigenvalue weighted by molar-refractivity contribution is 5.02. The van der Waals surface area contributed by atoms with Gasteiger partial charge < -0.3 is 0 Å². The normalized spacial score (nSPS) is 35.4. The summed E-state index contributed by atoms with van der Waals surface area (Å²) in [5, 5.41) is 0. The van der Waals surface area contributed by atoms with Gasteiger partial charge in [-0.2, -0.15) is 52.7 Å². The third kappa shape index (κ3) is 1.99. The van der Waals surface area contributed by atoms with Crippen molar-refractivity contribution in [2.75, 3.05) is 0 Å². The lowest BCUT2D eigenvalue weighted by molar-refractivity contribution is -0.448. The van der Waals surface area contributed by atoms with E-state index in [9.17, 15) is 52.7 Å². The molecule has 0 saturated carbocycles. The van der Waals surface area contributed by atoms with E-state index in [0.717, 1.165) is 0 Å². The maximum absolute atomic E-state index is 13.1. The van der Waals surface area contributed by atoms with Gasteiger partial charge in [-0.15, -0.1) is 0 Å². The van der Waals surface area contributed by atoms with Gasteiger partial charge in [-0.25, -0.2) is 4.74 Å². The standard InChI is InChI=1S/C6F12O2/c7-1(8,3(10,11)12)2(9)5(16,17)20-6(18,19-2)4(13,14)15. The maximum Gasteiger partial charge on any atom is 0.478 e. The monoisotopic (exact) mass is 332 g/mol. The van der Waals surface area contributed by atoms with E-state index >= 15 is 0 Å². The van der Waals surface area contributed by atoms with E-state index in [2.05, 4.69) is 0 Å². The molecule has 0 spiro atoms. The summed E-state index contributed by atoms with van der Waals surface area (Å²) in [6.45, 7) is 0. The molecule has 1 heterocycles. The molecule has 2 atom stereocenters. The van der Waals surface area contributed by atoms with E-state index in [4.69, 9.17) is 0 Å². The molecule has 0 amide bonds. The number of hydrogen-bond donors (Lipinski definition) is 0. The Morgan fingerprint density at radius 1 is 0.650 bits per heavy atom. The van der Waals surface area contributed by atoms with Crippen molar-refractivity contribution in [1.82, 2.24) is 0 Å². The van der Waals surface area contributed by atoms with Gasteiger partial charge in [0.25, 0.3) is 0 Å². The molecule has 120 valence electrons. The molecular formula is C6F12O2. The van der Waals surface area contributed by atoms with Gasteiger partial charge in [-0.1, -0.05) is 0 Å². The first-order chi connectivity index (χ1) is 8.41. The molecule has 0 aromatic carbocycles. The molecular weight excluding hydrogens is 332 g/mol. The van der Waals surface area contributed by atoms with Crippen molar-refractivity contribution in [3.05, 3.63) is 0 Å². The van der Waals surface area contributed by atoms with Gasteiger partial charge in [-0.3, -0.25) is 4.74 Å². The van der Waals surface area contributed by atoms with Crippen molar-refractivity contribution in [3.8, 4) is 0 Å². The molecule has 1 aliphatic rings. The van der Waals surface area contributed by atoms with Crippen LogP contribution in [0.25, 0.3) is 0 Å². The molecule has 1 saturated heterocycles. The van der Waals surface area contributed by atoms with Crippen molar-refractivity contribution in [2.24, 2.45) is 0 Å². The van der Waals surface area contributed by atoms with E-state index in [1.807, 2.05) is 9.47 Å². The summed E-state index contributed by atoms with van der Waals surface area (Å²) in [5.74, 6) is -13.9. The third-order valence-electron chi connectivity index (χ3n) is 2.00. The fraction of sp³-hybridized carbons (Fsp3) is 1.00. The van der Waals surface area contributed by atoms with Crippen LogP contribution in [0, 0.1) is 0 Å². The molecule has 0 aromatic rings. The van der Waals surface area contributed by atoms with Gasteiger partial charge in [-0.05, 0) is 0 Å². The van der Waals surface area contributed by atoms with E-state index in [1.165, 1.54) is 0 Å². The van der Waals surface area contributed by atoms with E-state index in [-0.39, 0.29) is 0 Å². The summed E-state index contributed by atoms with van der Waals surface area (Å²) >= 11 is 0. The second kappa shape index (κ2) is 3.84. The lowest BCUT2D eigenvalue weighted by atomic mass is 10.1. The minimum absolute atomic E-state index is 2.00. The topological polar surface area (TPSA) is 18.5 Å². The molecule has 0 aliphatic carbocycles. The summed E-state index contributed by atoms with van der Waals surface area (Å²) in [4.78, 5) is 0. The summed E-state index contributed by atoms with van der Waals surface area (Å²) in [6.07, 6.45) is -20.3. The maximum atomic E-state index is 13.1. The van der Waals surface area contributed by atoms with Crippen molar-refractivity contribution >= 4 is 0 Å². The first kappa shape index (κ1) is 17.1. The van der Waals surface area contributed by atoms with E-state index in [0.29, 0.717) is 0 Å². The highest BCUT2D eigenvalue weighted by Crippen LogP contribution is 2.62. The molecule has 2 nitrogen and oxygen atoms in total. The molecule has 0 bridgehead atoms. The number of halogens is 12. The van der Waals surface area contributed by atoms with Crippen LogP contribution in [0.1, 0.15) is 0 Å². The zero-order valence-electron chi connectivity index (χ0n) is 8.35. The molecule has 1 aliphatic heterocycles. The fourth-order valence-corrected chi connectivity index (χ4v) is 1.04. The smallest absolute Gasteiger partial charge is 0.266 e. The highest BCUT2D eigenvalue weighted by Gasteiger charge is 2.91. The molecule has 0 N–H and O–H groups in total. The Kier molecular flexibility index (Phi) is 3.29. The highest BCUT2D eigenvalue weighted by atomic mass is 19.4. The number of ether oxygens (including phenoxy) is 2. The van der Waals surface area contributed by atoms with Crippen LogP contribution >= 0.6 is 0 Å². The minimum atomic E-state index is -7.19. The quantitative estimate of drug-likeness (QED) is 0.682. The molecule has 0 radical (unpaired) electrons. The van der Waals surface area contributed by atoms with Crippen LogP contribution < -0.4 is 0 Å². The van der Waals surface area contributed by atoms with Gasteiger partial charge in [0.05, 0.1) is 0 Å². The predicted octanol–water partition coefficient (Wildman–Crippen LogP) is 3.67. The van der Waals surface area contributed by atoms with Crippen LogP contribution in [0.15, 0.2) is 0 Å². The van der Waals surface area contributed by atoms with Crippen LogP contribution in [0.4, 0.5) is 52.7 Å². The minimum Gasteiger partial charge on any atom is -0.266 e. The second-order valence-electron chi connectivity index (χ2n) is 3.42. The van der Waals surface area contributed by atoms with Crippen molar-refractivity contribution in [3.63, 3.8) is 0 Å². The Morgan fingerprint density at radius 2 is 1.05 bits per heavy atom. The second-order valence-corrected chi connectivity index (χ2v) is 3.42. The van der Waals surface area contributed by atoms with Crippen molar-refractivity contribution < 1.29 is 62.2 Å². The lowest BCUT2D eigenvalue weighted by Gasteiger charge is -2.31. The van der Waals surface area contributed by atoms with Crippen LogP contribution in [-0.4, -0.2) is 36.3 Å². The number of hydrogen-bond acceptors (Lipinski definition) is 2. The summed E-state index contributed by atoms with van der Waals surface area (Å²) in [7, 11) is 0. The van der Waals surface area contributed by atoms with Crippen LogP contribution in [-0.2, 0) is 9.47 Å².